The van der Waals surface area contributed by atoms with Gasteiger partial charge >= 0.3 is 0 Å². The molecule has 0 aliphatic heterocycles. The highest BCUT2D eigenvalue weighted by Gasteiger charge is 2.20. The van der Waals surface area contributed by atoms with Gasteiger partial charge in [-0.15, -0.1) is 0 Å². The molecule has 0 spiro atoms. The maximum Gasteiger partial charge on any atom is 0.267 e. The summed E-state index contributed by atoms with van der Waals surface area (Å²) in [4.78, 5) is 26.0. The third-order valence-electron chi connectivity index (χ3n) is 3.05. The number of carbonyl (C=O) groups is 2. The van der Waals surface area contributed by atoms with Crippen LogP contribution in [0, 0.1) is 0 Å². The monoisotopic (exact) mass is 218 g/mol. The number of aromatic nitrogens is 1. The third kappa shape index (κ3) is 2.27. The summed E-state index contributed by atoms with van der Waals surface area (Å²) in [7, 11) is 0. The SMILES string of the molecule is NC(=O)c1ccc(C2CCC(=O)CC2)cn1. The Bertz CT molecular complexity index is 402. The number of rotatable bonds is 2. The molecule has 2 rings (SSSR count). The molecule has 0 bridgehead atoms. The lowest BCUT2D eigenvalue weighted by Crippen LogP contribution is -2.15. The van der Waals surface area contributed by atoms with E-state index in [1.54, 1.807) is 12.3 Å². The molecule has 0 radical (unpaired) electrons. The van der Waals surface area contributed by atoms with Crippen LogP contribution in [-0.4, -0.2) is 16.7 Å². The summed E-state index contributed by atoms with van der Waals surface area (Å²) >= 11 is 0. The molecule has 0 aromatic carbocycles. The summed E-state index contributed by atoms with van der Waals surface area (Å²) in [5, 5.41) is 0. The summed E-state index contributed by atoms with van der Waals surface area (Å²) in [5.41, 5.74) is 6.50. The minimum atomic E-state index is -0.509. The molecule has 1 aromatic heterocycles. The quantitative estimate of drug-likeness (QED) is 0.815. The summed E-state index contributed by atoms with van der Waals surface area (Å²) in [6.07, 6.45) is 4.78. The zero-order valence-corrected chi connectivity index (χ0v) is 8.98. The van der Waals surface area contributed by atoms with Gasteiger partial charge in [-0.05, 0) is 30.4 Å². The lowest BCUT2D eigenvalue weighted by molar-refractivity contribution is -0.120. The first-order valence-corrected chi connectivity index (χ1v) is 5.44. The number of nitrogens with zero attached hydrogens (tertiary/aromatic N) is 1. The molecule has 1 aromatic rings. The lowest BCUT2D eigenvalue weighted by atomic mass is 9.84. The highest BCUT2D eigenvalue weighted by atomic mass is 16.1. The van der Waals surface area contributed by atoms with Gasteiger partial charge in [0.1, 0.15) is 11.5 Å². The number of carbonyl (C=O) groups excluding carboxylic acids is 2. The molecule has 16 heavy (non-hydrogen) atoms. The minimum Gasteiger partial charge on any atom is -0.364 e. The van der Waals surface area contributed by atoms with E-state index in [1.165, 1.54) is 0 Å². The van der Waals surface area contributed by atoms with E-state index in [1.807, 2.05) is 6.07 Å². The summed E-state index contributed by atoms with van der Waals surface area (Å²) in [6.45, 7) is 0. The van der Waals surface area contributed by atoms with Crippen LogP contribution in [0.2, 0.25) is 0 Å². The number of nitrogens with two attached hydrogens (primary N) is 1. The van der Waals surface area contributed by atoms with Crippen LogP contribution in [0.3, 0.4) is 0 Å². The number of amides is 1. The van der Waals surface area contributed by atoms with Crippen LogP contribution in [0.5, 0.6) is 0 Å². The summed E-state index contributed by atoms with van der Waals surface area (Å²) in [5.74, 6) is 0.232. The fourth-order valence-electron chi connectivity index (χ4n) is 2.07. The molecule has 1 aliphatic carbocycles. The second-order valence-corrected chi connectivity index (χ2v) is 4.15. The van der Waals surface area contributed by atoms with Crippen LogP contribution in [0.4, 0.5) is 0 Å². The molecule has 4 nitrogen and oxygen atoms in total. The van der Waals surface area contributed by atoms with Crippen LogP contribution < -0.4 is 5.73 Å². The van der Waals surface area contributed by atoms with Crippen LogP contribution in [0.1, 0.15) is 47.7 Å². The number of ketones is 1. The van der Waals surface area contributed by atoms with Crippen LogP contribution in [-0.2, 0) is 4.79 Å². The molecule has 0 unspecified atom stereocenters. The van der Waals surface area contributed by atoms with Crippen molar-refractivity contribution >= 4 is 11.7 Å². The molecule has 2 N–H and O–H groups in total. The van der Waals surface area contributed by atoms with Crippen LogP contribution in [0.15, 0.2) is 18.3 Å². The van der Waals surface area contributed by atoms with Crippen molar-refractivity contribution in [1.29, 1.82) is 0 Å². The van der Waals surface area contributed by atoms with E-state index in [0.717, 1.165) is 18.4 Å². The van der Waals surface area contributed by atoms with Crippen molar-refractivity contribution in [2.75, 3.05) is 0 Å². The van der Waals surface area contributed by atoms with Crippen molar-refractivity contribution in [1.82, 2.24) is 4.98 Å². The molecule has 4 heteroatoms. The lowest BCUT2D eigenvalue weighted by Gasteiger charge is -2.20. The first-order valence-electron chi connectivity index (χ1n) is 5.44. The van der Waals surface area contributed by atoms with Gasteiger partial charge in [-0.3, -0.25) is 14.6 Å². The Hall–Kier alpha value is -1.71. The van der Waals surface area contributed by atoms with E-state index in [0.29, 0.717) is 24.5 Å². The predicted molar refractivity (Wildman–Crippen MR) is 59.0 cm³/mol. The van der Waals surface area contributed by atoms with Crippen molar-refractivity contribution in [2.45, 2.75) is 31.6 Å². The number of hydrogen-bond donors (Lipinski definition) is 1. The Kier molecular flexibility index (Phi) is 2.99. The van der Waals surface area contributed by atoms with Gasteiger partial charge in [0.05, 0.1) is 0 Å². The van der Waals surface area contributed by atoms with E-state index in [-0.39, 0.29) is 5.69 Å². The van der Waals surface area contributed by atoms with Gasteiger partial charge in [-0.2, -0.15) is 0 Å². The van der Waals surface area contributed by atoms with Gasteiger partial charge < -0.3 is 5.73 Å². The minimum absolute atomic E-state index is 0.288. The Morgan fingerprint density at radius 3 is 2.50 bits per heavy atom. The molecule has 1 saturated carbocycles. The highest BCUT2D eigenvalue weighted by Crippen LogP contribution is 2.30. The number of primary amides is 1. The number of pyridine rings is 1. The molecular weight excluding hydrogens is 204 g/mol. The van der Waals surface area contributed by atoms with Crippen molar-refractivity contribution in [3.8, 4) is 0 Å². The van der Waals surface area contributed by atoms with Crippen LogP contribution >= 0.6 is 0 Å². The second kappa shape index (κ2) is 4.43. The molecule has 1 aliphatic rings. The van der Waals surface area contributed by atoms with E-state index >= 15 is 0 Å². The molecule has 0 saturated heterocycles. The highest BCUT2D eigenvalue weighted by molar-refractivity contribution is 5.90. The largest absolute Gasteiger partial charge is 0.364 e. The Balaban J connectivity index is 2.10. The van der Waals surface area contributed by atoms with Crippen molar-refractivity contribution in [3.63, 3.8) is 0 Å². The Morgan fingerprint density at radius 1 is 1.31 bits per heavy atom. The van der Waals surface area contributed by atoms with E-state index in [2.05, 4.69) is 4.98 Å². The van der Waals surface area contributed by atoms with Crippen LogP contribution in [0.25, 0.3) is 0 Å². The first kappa shape index (κ1) is 10.8. The van der Waals surface area contributed by atoms with Crippen molar-refractivity contribution < 1.29 is 9.59 Å². The van der Waals surface area contributed by atoms with Gasteiger partial charge in [0, 0.05) is 19.0 Å². The maximum atomic E-state index is 11.1. The smallest absolute Gasteiger partial charge is 0.267 e. The average Bonchev–Trinajstić information content (AvgIpc) is 2.30. The first-order chi connectivity index (χ1) is 7.66. The molecule has 84 valence electrons. The molecule has 1 amide bonds. The van der Waals surface area contributed by atoms with Gasteiger partial charge in [0.2, 0.25) is 0 Å². The van der Waals surface area contributed by atoms with Gasteiger partial charge in [-0.25, -0.2) is 0 Å². The molecular formula is C12H14N2O2. The summed E-state index contributed by atoms with van der Waals surface area (Å²) in [6, 6.07) is 3.53. The molecule has 1 fully saturated rings. The van der Waals surface area contributed by atoms with Gasteiger partial charge in [0.25, 0.3) is 5.91 Å². The maximum absolute atomic E-state index is 11.1. The topological polar surface area (TPSA) is 73.1 Å². The van der Waals surface area contributed by atoms with E-state index in [4.69, 9.17) is 5.73 Å². The van der Waals surface area contributed by atoms with Crippen molar-refractivity contribution in [3.05, 3.63) is 29.6 Å². The number of hydrogen-bond acceptors (Lipinski definition) is 3. The Labute approximate surface area is 93.9 Å². The fraction of sp³-hybridized carbons (Fsp3) is 0.417. The fourth-order valence-corrected chi connectivity index (χ4v) is 2.07. The third-order valence-corrected chi connectivity index (χ3v) is 3.05. The zero-order valence-electron chi connectivity index (χ0n) is 8.98. The second-order valence-electron chi connectivity index (χ2n) is 4.15. The van der Waals surface area contributed by atoms with Gasteiger partial charge in [0.15, 0.2) is 0 Å². The predicted octanol–water partition coefficient (Wildman–Crippen LogP) is 1.41. The normalized spacial score (nSPS) is 17.4. The Morgan fingerprint density at radius 2 is 2.00 bits per heavy atom. The zero-order chi connectivity index (χ0) is 11.5. The number of Topliss-reactive ketones (excluding diaryl/α,β-unsaturated/α-hetero) is 1. The molecule has 0 atom stereocenters. The average molecular weight is 218 g/mol. The van der Waals surface area contributed by atoms with E-state index < -0.39 is 5.91 Å². The molecule has 1 heterocycles. The van der Waals surface area contributed by atoms with E-state index in [9.17, 15) is 9.59 Å². The van der Waals surface area contributed by atoms with Gasteiger partial charge in [-0.1, -0.05) is 6.07 Å². The summed E-state index contributed by atoms with van der Waals surface area (Å²) < 4.78 is 0. The van der Waals surface area contributed by atoms with Crippen molar-refractivity contribution in [2.24, 2.45) is 5.73 Å². The standard InChI is InChI=1S/C12H14N2O2/c13-12(16)11-6-3-9(7-14-11)8-1-4-10(15)5-2-8/h3,6-8H,1-2,4-5H2,(H2,13,16).